The van der Waals surface area contributed by atoms with Crippen molar-refractivity contribution in [2.24, 2.45) is 0 Å². The summed E-state index contributed by atoms with van der Waals surface area (Å²) >= 11 is -1.34. The van der Waals surface area contributed by atoms with Crippen LogP contribution >= 0.6 is 12.4 Å². The van der Waals surface area contributed by atoms with E-state index in [0.717, 1.165) is 0 Å². The smallest absolute Gasteiger partial charge is 0.147 e. The molecule has 0 unspecified atom stereocenters. The molecule has 0 aromatic heterocycles. The van der Waals surface area contributed by atoms with Gasteiger partial charge in [0.05, 0.1) is 0 Å². The van der Waals surface area contributed by atoms with Gasteiger partial charge in [-0.1, -0.05) is 0 Å². The van der Waals surface area contributed by atoms with Gasteiger partial charge in [0.2, 0.25) is 0 Å². The van der Waals surface area contributed by atoms with Crippen molar-refractivity contribution in [3.63, 3.8) is 0 Å². The molecule has 1 aromatic carbocycles. The molecule has 1 radical (unpaired) electrons. The Morgan fingerprint density at radius 1 is 0.583 bits per heavy atom. The van der Waals surface area contributed by atoms with Crippen molar-refractivity contribution in [2.75, 3.05) is 0 Å². The molecule has 0 heterocycles. The molecule has 0 saturated carbocycles. The fourth-order valence-corrected chi connectivity index (χ4v) is 11.4. The van der Waals surface area contributed by atoms with E-state index >= 15 is 0 Å². The molecule has 0 N–H and O–H groups in total. The van der Waals surface area contributed by atoms with Crippen LogP contribution in [0.5, 0.6) is 0 Å². The van der Waals surface area contributed by atoms with Gasteiger partial charge in [-0.3, -0.25) is 0 Å². The van der Waals surface area contributed by atoms with E-state index in [4.69, 9.17) is 0 Å². The van der Waals surface area contributed by atoms with E-state index in [-0.39, 0.29) is 12.4 Å². The molecular weight excluding hydrogens is 418 g/mol. The predicted molar refractivity (Wildman–Crippen MR) is 115 cm³/mol. The first-order valence-electron chi connectivity index (χ1n) is 10.3. The monoisotopic (exact) mass is 459 g/mol. The number of benzene rings is 1. The molecule has 24 heavy (non-hydrogen) atoms. The molecule has 0 aliphatic rings. The second-order valence-electron chi connectivity index (χ2n) is 7.01. The van der Waals surface area contributed by atoms with Crippen molar-refractivity contribution >= 4 is 35.7 Å². The molecule has 0 fully saturated rings. The Morgan fingerprint density at radius 2 is 1.00 bits per heavy atom. The Bertz CT molecular complexity index is 336. The summed E-state index contributed by atoms with van der Waals surface area (Å²) in [5, 5.41) is 0. The van der Waals surface area contributed by atoms with Gasteiger partial charge in [0.25, 0.3) is 0 Å². The standard InChI is InChI=1S/2C8H17.C6H5.ClH.Sn/c2*1-3-5-7-8-6-4-2;1-2-4-6-5-3-1;;/h2*1,3-8H2,2H3;1-5H;1H;. The molecule has 0 nitrogen and oxygen atoms in total. The molecule has 0 saturated heterocycles. The molecular formula is C22H40ClSn. The minimum atomic E-state index is -1.34. The zero-order valence-corrected chi connectivity index (χ0v) is 19.9. The maximum atomic E-state index is 2.43. The average Bonchev–Trinajstić information content (AvgIpc) is 2.60. The van der Waals surface area contributed by atoms with Crippen LogP contribution in [0.4, 0.5) is 0 Å². The molecule has 139 valence electrons. The first kappa shape index (κ1) is 24.3. The van der Waals surface area contributed by atoms with Crippen LogP contribution < -0.4 is 3.58 Å². The van der Waals surface area contributed by atoms with Crippen LogP contribution in [0, 0.1) is 0 Å². The van der Waals surface area contributed by atoms with Crippen LogP contribution in [0.15, 0.2) is 30.3 Å². The Labute approximate surface area is 165 Å². The minimum Gasteiger partial charge on any atom is -0.147 e. The zero-order valence-electron chi connectivity index (χ0n) is 16.2. The number of hydrogen-bond acceptors (Lipinski definition) is 0. The zero-order chi connectivity index (χ0) is 16.6. The average molecular weight is 459 g/mol. The van der Waals surface area contributed by atoms with Gasteiger partial charge in [0, 0.05) is 0 Å². The van der Waals surface area contributed by atoms with E-state index in [1.54, 1.807) is 12.5 Å². The summed E-state index contributed by atoms with van der Waals surface area (Å²) in [6.45, 7) is 4.61. The quantitative estimate of drug-likeness (QED) is 0.188. The van der Waals surface area contributed by atoms with E-state index in [2.05, 4.69) is 44.2 Å². The summed E-state index contributed by atoms with van der Waals surface area (Å²) in [6.07, 6.45) is 17.4. The van der Waals surface area contributed by atoms with Crippen LogP contribution in [0.2, 0.25) is 8.87 Å². The molecule has 0 spiro atoms. The van der Waals surface area contributed by atoms with Crippen LogP contribution in [0.1, 0.15) is 90.9 Å². The van der Waals surface area contributed by atoms with E-state index in [1.165, 1.54) is 77.0 Å². The largest absolute Gasteiger partial charge is 0.147 e. The Morgan fingerprint density at radius 3 is 1.46 bits per heavy atom. The molecule has 0 aliphatic carbocycles. The van der Waals surface area contributed by atoms with Crippen molar-refractivity contribution in [2.45, 2.75) is 99.8 Å². The van der Waals surface area contributed by atoms with Crippen LogP contribution in [-0.2, 0) is 0 Å². The van der Waals surface area contributed by atoms with E-state index in [0.29, 0.717) is 0 Å². The first-order valence-corrected chi connectivity index (χ1v) is 15.7. The summed E-state index contributed by atoms with van der Waals surface area (Å²) in [4.78, 5) is 0. The second-order valence-corrected chi connectivity index (χ2v) is 15.0. The van der Waals surface area contributed by atoms with Gasteiger partial charge in [-0.2, -0.15) is 0 Å². The molecule has 0 amide bonds. The van der Waals surface area contributed by atoms with Crippen LogP contribution in [0.25, 0.3) is 0 Å². The van der Waals surface area contributed by atoms with Crippen LogP contribution in [-0.4, -0.2) is 19.8 Å². The van der Waals surface area contributed by atoms with Gasteiger partial charge >= 0.3 is 153 Å². The fourth-order valence-electron chi connectivity index (χ4n) is 3.32. The SMILES string of the molecule is CCCCCCC[CH2][Sn]([CH2]CCCCCCC)[c]1ccccc1.Cl. The van der Waals surface area contributed by atoms with E-state index in [9.17, 15) is 0 Å². The third kappa shape index (κ3) is 12.6. The second kappa shape index (κ2) is 18.1. The van der Waals surface area contributed by atoms with E-state index < -0.39 is 19.8 Å². The Hall–Kier alpha value is 0.309. The normalized spacial score (nSPS) is 10.8. The molecule has 0 atom stereocenters. The summed E-state index contributed by atoms with van der Waals surface area (Å²) in [5.74, 6) is 0. The third-order valence-corrected chi connectivity index (χ3v) is 13.6. The van der Waals surface area contributed by atoms with Crippen LogP contribution in [0.3, 0.4) is 0 Å². The van der Waals surface area contributed by atoms with Crippen molar-refractivity contribution in [1.82, 2.24) is 0 Å². The molecule has 0 aliphatic heterocycles. The maximum Gasteiger partial charge on any atom is -0.147 e. The van der Waals surface area contributed by atoms with E-state index in [1.807, 2.05) is 0 Å². The van der Waals surface area contributed by atoms with Gasteiger partial charge in [-0.05, 0) is 0 Å². The van der Waals surface area contributed by atoms with Crippen molar-refractivity contribution in [1.29, 1.82) is 0 Å². The van der Waals surface area contributed by atoms with Gasteiger partial charge < -0.3 is 0 Å². The summed E-state index contributed by atoms with van der Waals surface area (Å²) in [7, 11) is 0. The Kier molecular flexibility index (Phi) is 18.3. The van der Waals surface area contributed by atoms with Gasteiger partial charge in [0.15, 0.2) is 0 Å². The number of rotatable bonds is 15. The molecule has 1 rings (SSSR count). The Balaban J connectivity index is 0.00000529. The summed E-state index contributed by atoms with van der Waals surface area (Å²) < 4.78 is 4.96. The third-order valence-electron chi connectivity index (χ3n) is 4.85. The molecule has 1 aromatic rings. The first-order chi connectivity index (χ1) is 11.4. The number of halogens is 1. The fraction of sp³-hybridized carbons (Fsp3) is 0.727. The number of unbranched alkanes of at least 4 members (excludes halogenated alkanes) is 10. The van der Waals surface area contributed by atoms with Crippen molar-refractivity contribution in [3.05, 3.63) is 30.3 Å². The summed E-state index contributed by atoms with van der Waals surface area (Å²) in [6, 6.07) is 11.6. The van der Waals surface area contributed by atoms with Gasteiger partial charge in [0.1, 0.15) is 0 Å². The van der Waals surface area contributed by atoms with Crippen molar-refractivity contribution < 1.29 is 0 Å². The van der Waals surface area contributed by atoms with Gasteiger partial charge in [-0.25, -0.2) is 0 Å². The topological polar surface area (TPSA) is 0 Å². The van der Waals surface area contributed by atoms with Crippen molar-refractivity contribution in [3.8, 4) is 0 Å². The number of hydrogen-bond donors (Lipinski definition) is 0. The maximum absolute atomic E-state index is 2.43. The summed E-state index contributed by atoms with van der Waals surface area (Å²) in [5.41, 5.74) is 0. The van der Waals surface area contributed by atoms with Gasteiger partial charge in [-0.15, -0.1) is 12.4 Å². The minimum absolute atomic E-state index is 0. The molecule has 0 bridgehead atoms. The predicted octanol–water partition coefficient (Wildman–Crippen LogP) is 7.53. The molecule has 2 heteroatoms.